The van der Waals surface area contributed by atoms with Crippen molar-refractivity contribution in [1.29, 1.82) is 0 Å². The smallest absolute Gasteiger partial charge is 0.430 e. The maximum atomic E-state index is 13.2. The number of carbonyl (C=O) groups excluding carboxylic acids is 2. The first-order valence-corrected chi connectivity index (χ1v) is 11.4. The number of rotatable bonds is 5. The van der Waals surface area contributed by atoms with Crippen molar-refractivity contribution < 1.29 is 28.7 Å². The first-order valence-electron chi connectivity index (χ1n) is 11.4. The molecule has 1 aromatic rings. The molecular formula is C23H28N2O7. The molecule has 0 N–H and O–H groups in total. The summed E-state index contributed by atoms with van der Waals surface area (Å²) in [6.45, 7) is 2.37. The molecule has 2 heterocycles. The number of hydrogen-bond donors (Lipinski definition) is 0. The zero-order valence-corrected chi connectivity index (χ0v) is 18.2. The van der Waals surface area contributed by atoms with E-state index in [0.29, 0.717) is 12.2 Å². The zero-order chi connectivity index (χ0) is 22.5. The Bertz CT molecular complexity index is 921. The van der Waals surface area contributed by atoms with Gasteiger partial charge in [-0.1, -0.05) is 6.42 Å². The van der Waals surface area contributed by atoms with E-state index in [9.17, 15) is 19.7 Å². The zero-order valence-electron chi connectivity index (χ0n) is 18.2. The van der Waals surface area contributed by atoms with Crippen molar-refractivity contribution in [3.05, 3.63) is 39.9 Å². The third-order valence-electron chi connectivity index (χ3n) is 7.65. The number of nitro groups is 1. The Morgan fingerprint density at radius 2 is 1.91 bits per heavy atom. The summed E-state index contributed by atoms with van der Waals surface area (Å²) < 4.78 is 17.0. The van der Waals surface area contributed by atoms with Gasteiger partial charge in [0.05, 0.1) is 23.5 Å². The molecule has 4 fully saturated rings. The van der Waals surface area contributed by atoms with E-state index in [-0.39, 0.29) is 35.6 Å². The number of fused-ring (bicyclic) bond motifs is 3. The SMILES string of the molecule is CC(OC(=O)OCc1ccc([N+](=O)[O-])cc1)C1C(=O)N2C1C1(CC1)COC21CCCCC1. The molecule has 32 heavy (non-hydrogen) atoms. The Hall–Kier alpha value is -2.68. The van der Waals surface area contributed by atoms with Gasteiger partial charge in [-0.25, -0.2) is 4.79 Å². The van der Waals surface area contributed by atoms with Crippen molar-refractivity contribution in [1.82, 2.24) is 4.90 Å². The molecule has 1 aromatic carbocycles. The van der Waals surface area contributed by atoms with Crippen LogP contribution in [0.2, 0.25) is 0 Å². The predicted octanol–water partition coefficient (Wildman–Crippen LogP) is 3.93. The molecular weight excluding hydrogens is 416 g/mol. The van der Waals surface area contributed by atoms with Crippen molar-refractivity contribution >= 4 is 17.7 Å². The summed E-state index contributed by atoms with van der Waals surface area (Å²) in [6.07, 6.45) is 5.69. The van der Waals surface area contributed by atoms with E-state index in [1.807, 2.05) is 4.90 Å². The molecule has 3 atom stereocenters. The number of non-ortho nitro benzene ring substituents is 1. The number of hydrogen-bond acceptors (Lipinski definition) is 7. The fourth-order valence-corrected chi connectivity index (χ4v) is 5.72. The number of benzene rings is 1. The van der Waals surface area contributed by atoms with Crippen molar-refractivity contribution in [2.24, 2.45) is 11.3 Å². The summed E-state index contributed by atoms with van der Waals surface area (Å²) in [4.78, 5) is 37.7. The van der Waals surface area contributed by atoms with E-state index in [0.717, 1.165) is 38.5 Å². The lowest BCUT2D eigenvalue weighted by Crippen LogP contribution is -2.78. The van der Waals surface area contributed by atoms with Crippen LogP contribution in [0.5, 0.6) is 0 Å². The molecule has 2 aliphatic heterocycles. The van der Waals surface area contributed by atoms with Gasteiger partial charge in [0, 0.05) is 17.5 Å². The van der Waals surface area contributed by atoms with E-state index in [2.05, 4.69) is 0 Å². The molecule has 1 amide bonds. The fourth-order valence-electron chi connectivity index (χ4n) is 5.72. The van der Waals surface area contributed by atoms with E-state index < -0.39 is 22.9 Å². The van der Waals surface area contributed by atoms with Crippen LogP contribution in [0.1, 0.15) is 57.4 Å². The maximum absolute atomic E-state index is 13.2. The minimum Gasteiger partial charge on any atom is -0.430 e. The molecule has 4 aliphatic rings. The monoisotopic (exact) mass is 444 g/mol. The number of carbonyl (C=O) groups is 2. The summed E-state index contributed by atoms with van der Waals surface area (Å²) >= 11 is 0. The van der Waals surface area contributed by atoms with Gasteiger partial charge in [0.15, 0.2) is 0 Å². The van der Waals surface area contributed by atoms with Gasteiger partial charge < -0.3 is 19.1 Å². The van der Waals surface area contributed by atoms with Gasteiger partial charge in [0.25, 0.3) is 5.69 Å². The highest BCUT2D eigenvalue weighted by atomic mass is 16.7. The van der Waals surface area contributed by atoms with Gasteiger partial charge in [-0.2, -0.15) is 0 Å². The number of β-lactam (4-membered cyclic amide) rings is 1. The number of amides is 1. The quantitative estimate of drug-likeness (QED) is 0.293. The highest BCUT2D eigenvalue weighted by Crippen LogP contribution is 2.63. The summed E-state index contributed by atoms with van der Waals surface area (Å²) in [5, 5.41) is 10.7. The summed E-state index contributed by atoms with van der Waals surface area (Å²) in [6, 6.07) is 5.83. The number of ether oxygens (including phenoxy) is 3. The van der Waals surface area contributed by atoms with Gasteiger partial charge in [-0.15, -0.1) is 0 Å². The molecule has 9 heteroatoms. The summed E-state index contributed by atoms with van der Waals surface area (Å²) in [5.74, 6) is -0.356. The van der Waals surface area contributed by atoms with E-state index in [1.165, 1.54) is 30.7 Å². The van der Waals surface area contributed by atoms with E-state index in [4.69, 9.17) is 14.2 Å². The van der Waals surface area contributed by atoms with Crippen LogP contribution in [0.4, 0.5) is 10.5 Å². The summed E-state index contributed by atoms with van der Waals surface area (Å²) in [7, 11) is 0. The van der Waals surface area contributed by atoms with Crippen LogP contribution in [0.3, 0.4) is 0 Å². The molecule has 3 unspecified atom stereocenters. The molecule has 2 saturated carbocycles. The lowest BCUT2D eigenvalue weighted by molar-refractivity contribution is -0.384. The minimum atomic E-state index is -0.841. The van der Waals surface area contributed by atoms with Crippen molar-refractivity contribution in [3.63, 3.8) is 0 Å². The van der Waals surface area contributed by atoms with Crippen LogP contribution in [-0.4, -0.2) is 46.4 Å². The first-order chi connectivity index (χ1) is 15.4. The Morgan fingerprint density at radius 1 is 1.22 bits per heavy atom. The predicted molar refractivity (Wildman–Crippen MR) is 111 cm³/mol. The normalized spacial score (nSPS) is 27.9. The van der Waals surface area contributed by atoms with Crippen LogP contribution in [-0.2, 0) is 25.6 Å². The molecule has 0 bridgehead atoms. The van der Waals surface area contributed by atoms with Gasteiger partial charge in [-0.3, -0.25) is 14.9 Å². The molecule has 2 spiro atoms. The van der Waals surface area contributed by atoms with Crippen LogP contribution < -0.4 is 0 Å². The van der Waals surface area contributed by atoms with Crippen LogP contribution in [0, 0.1) is 21.4 Å². The second kappa shape index (κ2) is 7.72. The number of nitro benzene ring substituents is 1. The highest BCUT2D eigenvalue weighted by molar-refractivity contribution is 5.88. The highest BCUT2D eigenvalue weighted by Gasteiger charge is 2.71. The van der Waals surface area contributed by atoms with Crippen molar-refractivity contribution in [2.75, 3.05) is 6.61 Å². The third kappa shape index (κ3) is 3.43. The summed E-state index contributed by atoms with van der Waals surface area (Å²) in [5.41, 5.74) is 0.119. The van der Waals surface area contributed by atoms with Crippen LogP contribution >= 0.6 is 0 Å². The van der Waals surface area contributed by atoms with Gasteiger partial charge in [0.1, 0.15) is 18.4 Å². The van der Waals surface area contributed by atoms with Crippen molar-refractivity contribution in [2.45, 2.75) is 76.3 Å². The fraction of sp³-hybridized carbons (Fsp3) is 0.652. The van der Waals surface area contributed by atoms with Gasteiger partial charge in [-0.05, 0) is 63.1 Å². The van der Waals surface area contributed by atoms with Gasteiger partial charge in [0.2, 0.25) is 5.91 Å². The molecule has 2 aliphatic carbocycles. The minimum absolute atomic E-state index is 0.00154. The standard InChI is InChI=1S/C23H28N2O7/c1-15(32-21(27)30-13-16-5-7-17(8-6-16)25(28)29)18-19-22(11-12-22)14-31-23(24(19)20(18)26)9-3-2-4-10-23/h5-8,15,18-19H,2-4,9-14H2,1H3. The topological polar surface area (TPSA) is 108 Å². The lowest BCUT2D eigenvalue weighted by Gasteiger charge is -2.64. The van der Waals surface area contributed by atoms with Gasteiger partial charge >= 0.3 is 6.16 Å². The second-order valence-electron chi connectivity index (χ2n) is 9.62. The average molecular weight is 444 g/mol. The maximum Gasteiger partial charge on any atom is 0.508 e. The molecule has 172 valence electrons. The molecule has 9 nitrogen and oxygen atoms in total. The van der Waals surface area contributed by atoms with Crippen LogP contribution in [0.25, 0.3) is 0 Å². The molecule has 0 radical (unpaired) electrons. The largest absolute Gasteiger partial charge is 0.508 e. The third-order valence-corrected chi connectivity index (χ3v) is 7.65. The van der Waals surface area contributed by atoms with E-state index in [1.54, 1.807) is 6.92 Å². The Morgan fingerprint density at radius 3 is 2.53 bits per heavy atom. The molecule has 2 saturated heterocycles. The average Bonchev–Trinajstić information content (AvgIpc) is 3.55. The van der Waals surface area contributed by atoms with Crippen LogP contribution in [0.15, 0.2) is 24.3 Å². The first kappa shape index (κ1) is 21.2. The van der Waals surface area contributed by atoms with E-state index >= 15 is 0 Å². The number of nitrogens with zero attached hydrogens (tertiary/aromatic N) is 2. The Labute approximate surface area is 186 Å². The second-order valence-corrected chi connectivity index (χ2v) is 9.62. The Kier molecular flexibility index (Phi) is 5.11. The van der Waals surface area contributed by atoms with Crippen molar-refractivity contribution in [3.8, 4) is 0 Å². The Balaban J connectivity index is 1.21. The lowest BCUT2D eigenvalue weighted by atomic mass is 9.69. The molecule has 0 aromatic heterocycles. The molecule has 5 rings (SSSR count).